The van der Waals surface area contributed by atoms with E-state index in [-0.39, 0.29) is 37.7 Å². The number of hydrogen-bond acceptors (Lipinski definition) is 4. The third-order valence-corrected chi connectivity index (χ3v) is 7.60. The van der Waals surface area contributed by atoms with Crippen molar-refractivity contribution in [3.8, 4) is 0 Å². The number of benzene rings is 3. The number of aryl methyl sites for hydroxylation is 1. The molecule has 0 spiro atoms. The monoisotopic (exact) mass is 553 g/mol. The first-order chi connectivity index (χ1) is 18.6. The smallest absolute Gasteiger partial charge is 0.243 e. The van der Waals surface area contributed by atoms with E-state index in [1.54, 1.807) is 24.3 Å². The summed E-state index contributed by atoms with van der Waals surface area (Å²) >= 11 is 0. The van der Waals surface area contributed by atoms with Gasteiger partial charge in [-0.1, -0.05) is 60.7 Å². The van der Waals surface area contributed by atoms with Gasteiger partial charge in [-0.2, -0.15) is 0 Å². The molecule has 1 atom stereocenters. The summed E-state index contributed by atoms with van der Waals surface area (Å²) < 4.78 is 40.0. The summed E-state index contributed by atoms with van der Waals surface area (Å²) in [6.45, 7) is 4.28. The lowest BCUT2D eigenvalue weighted by atomic mass is 10.0. The molecule has 7 nitrogen and oxygen atoms in total. The topological polar surface area (TPSA) is 86.8 Å². The van der Waals surface area contributed by atoms with Gasteiger partial charge in [-0.3, -0.25) is 13.9 Å². The van der Waals surface area contributed by atoms with Crippen LogP contribution in [0.1, 0.15) is 36.5 Å². The Bertz CT molecular complexity index is 1350. The number of para-hydroxylation sites is 1. The Kier molecular flexibility index (Phi) is 10.6. The molecule has 0 fully saturated rings. The molecule has 0 aromatic heterocycles. The van der Waals surface area contributed by atoms with E-state index in [9.17, 15) is 22.4 Å². The van der Waals surface area contributed by atoms with Gasteiger partial charge < -0.3 is 10.2 Å². The molecule has 9 heteroatoms. The average Bonchev–Trinajstić information content (AvgIpc) is 2.90. The van der Waals surface area contributed by atoms with Crippen LogP contribution in [0.4, 0.5) is 10.1 Å². The first kappa shape index (κ1) is 29.8. The Morgan fingerprint density at radius 1 is 0.923 bits per heavy atom. The molecule has 208 valence electrons. The molecule has 0 aliphatic heterocycles. The number of likely N-dealkylation sites (N-methyl/N-ethyl adjacent to an activating group) is 1. The third-order valence-electron chi connectivity index (χ3n) is 6.42. The zero-order chi connectivity index (χ0) is 28.4. The van der Waals surface area contributed by atoms with Crippen molar-refractivity contribution in [2.45, 2.75) is 45.7 Å². The SMILES string of the molecule is CCNC(=O)[C@@H](Cc1ccccc1)N(Cc1ccc(F)cc1)C(=O)CCCN(c1ccccc1C)S(C)(=O)=O. The van der Waals surface area contributed by atoms with Crippen LogP contribution < -0.4 is 9.62 Å². The predicted molar refractivity (Wildman–Crippen MR) is 152 cm³/mol. The number of hydrogen-bond donors (Lipinski definition) is 1. The lowest BCUT2D eigenvalue weighted by Gasteiger charge is -2.32. The maximum absolute atomic E-state index is 13.7. The molecule has 0 aliphatic carbocycles. The maximum Gasteiger partial charge on any atom is 0.243 e. The second-order valence-corrected chi connectivity index (χ2v) is 11.4. The Morgan fingerprint density at radius 2 is 1.56 bits per heavy atom. The average molecular weight is 554 g/mol. The summed E-state index contributed by atoms with van der Waals surface area (Å²) in [6.07, 6.45) is 1.74. The van der Waals surface area contributed by atoms with Crippen molar-refractivity contribution < 1.29 is 22.4 Å². The van der Waals surface area contributed by atoms with Gasteiger partial charge in [-0.05, 0) is 55.2 Å². The van der Waals surface area contributed by atoms with E-state index < -0.39 is 21.9 Å². The van der Waals surface area contributed by atoms with Gasteiger partial charge in [0.25, 0.3) is 0 Å². The first-order valence-electron chi connectivity index (χ1n) is 13.0. The Morgan fingerprint density at radius 3 is 2.18 bits per heavy atom. The zero-order valence-electron chi connectivity index (χ0n) is 22.6. The highest BCUT2D eigenvalue weighted by Crippen LogP contribution is 2.23. The first-order valence-corrected chi connectivity index (χ1v) is 14.8. The van der Waals surface area contributed by atoms with Crippen LogP contribution in [-0.2, 0) is 32.6 Å². The van der Waals surface area contributed by atoms with E-state index in [2.05, 4.69) is 5.32 Å². The summed E-state index contributed by atoms with van der Waals surface area (Å²) in [5, 5.41) is 2.84. The molecule has 2 amide bonds. The van der Waals surface area contributed by atoms with Crippen molar-refractivity contribution in [1.82, 2.24) is 10.2 Å². The minimum absolute atomic E-state index is 0.0315. The number of nitrogens with zero attached hydrogens (tertiary/aromatic N) is 2. The van der Waals surface area contributed by atoms with E-state index in [1.165, 1.54) is 21.3 Å². The summed E-state index contributed by atoms with van der Waals surface area (Å²) in [5.41, 5.74) is 2.96. The fourth-order valence-corrected chi connectivity index (χ4v) is 5.48. The highest BCUT2D eigenvalue weighted by atomic mass is 32.2. The van der Waals surface area contributed by atoms with Gasteiger partial charge in [-0.15, -0.1) is 0 Å². The van der Waals surface area contributed by atoms with Crippen molar-refractivity contribution in [2.24, 2.45) is 0 Å². The zero-order valence-corrected chi connectivity index (χ0v) is 23.5. The van der Waals surface area contributed by atoms with E-state index in [4.69, 9.17) is 0 Å². The number of nitrogens with one attached hydrogen (secondary N) is 1. The second kappa shape index (κ2) is 13.9. The van der Waals surface area contributed by atoms with Gasteiger partial charge in [0.05, 0.1) is 11.9 Å². The van der Waals surface area contributed by atoms with Crippen LogP contribution in [-0.4, -0.2) is 50.5 Å². The largest absolute Gasteiger partial charge is 0.355 e. The molecule has 0 saturated carbocycles. The normalized spacial score (nSPS) is 12.0. The molecule has 0 aliphatic rings. The highest BCUT2D eigenvalue weighted by Gasteiger charge is 2.30. The van der Waals surface area contributed by atoms with Crippen LogP contribution in [0.5, 0.6) is 0 Å². The maximum atomic E-state index is 13.7. The molecular weight excluding hydrogens is 517 g/mol. The quantitative estimate of drug-likeness (QED) is 0.339. The van der Waals surface area contributed by atoms with Crippen LogP contribution >= 0.6 is 0 Å². The van der Waals surface area contributed by atoms with Gasteiger partial charge in [-0.25, -0.2) is 12.8 Å². The van der Waals surface area contributed by atoms with Crippen LogP contribution in [0.15, 0.2) is 78.9 Å². The molecule has 0 heterocycles. The third kappa shape index (κ3) is 8.64. The Hall–Kier alpha value is -3.72. The van der Waals surface area contributed by atoms with Gasteiger partial charge in [0, 0.05) is 32.5 Å². The van der Waals surface area contributed by atoms with E-state index in [0.717, 1.165) is 17.4 Å². The molecular formula is C30H36FN3O4S. The molecule has 3 rings (SSSR count). The Labute approximate surface area is 230 Å². The minimum atomic E-state index is -3.58. The van der Waals surface area contributed by atoms with E-state index >= 15 is 0 Å². The van der Waals surface area contributed by atoms with Crippen LogP contribution in [0, 0.1) is 12.7 Å². The molecule has 3 aromatic carbocycles. The fraction of sp³-hybridized carbons (Fsp3) is 0.333. The van der Waals surface area contributed by atoms with Gasteiger partial charge in [0.2, 0.25) is 21.8 Å². The number of rotatable bonds is 13. The van der Waals surface area contributed by atoms with Crippen LogP contribution in [0.2, 0.25) is 0 Å². The molecule has 3 aromatic rings. The van der Waals surface area contributed by atoms with Gasteiger partial charge in [0.15, 0.2) is 0 Å². The van der Waals surface area contributed by atoms with E-state index in [1.807, 2.05) is 56.3 Å². The van der Waals surface area contributed by atoms with Crippen LogP contribution in [0.3, 0.4) is 0 Å². The predicted octanol–water partition coefficient (Wildman–Crippen LogP) is 4.46. The molecule has 1 N–H and O–H groups in total. The summed E-state index contributed by atoms with van der Waals surface area (Å²) in [6, 6.07) is 21.7. The molecule has 0 saturated heterocycles. The standard InChI is InChI=1S/C30H36FN3O4S/c1-4-32-30(36)28(21-24-12-6-5-7-13-24)33(22-25-16-18-26(31)19-17-25)29(35)15-10-20-34(39(3,37)38)27-14-9-8-11-23(27)2/h5-9,11-14,16-19,28H,4,10,15,20-22H2,1-3H3,(H,32,36)/t28-/m1/s1. The summed E-state index contributed by atoms with van der Waals surface area (Å²) in [7, 11) is -3.58. The lowest BCUT2D eigenvalue weighted by molar-refractivity contribution is -0.141. The highest BCUT2D eigenvalue weighted by molar-refractivity contribution is 7.92. The van der Waals surface area contributed by atoms with Crippen LogP contribution in [0.25, 0.3) is 0 Å². The van der Waals surface area contributed by atoms with Gasteiger partial charge >= 0.3 is 0 Å². The molecule has 39 heavy (non-hydrogen) atoms. The fourth-order valence-electron chi connectivity index (χ4n) is 4.46. The summed E-state index contributed by atoms with van der Waals surface area (Å²) in [5.74, 6) is -0.961. The number of carbonyl (C=O) groups excluding carboxylic acids is 2. The number of carbonyl (C=O) groups is 2. The molecule has 0 unspecified atom stereocenters. The van der Waals surface area contributed by atoms with Crippen molar-refractivity contribution in [2.75, 3.05) is 23.7 Å². The molecule has 0 radical (unpaired) electrons. The number of amides is 2. The number of anilines is 1. The number of halogens is 1. The molecule has 0 bridgehead atoms. The number of sulfonamides is 1. The minimum Gasteiger partial charge on any atom is -0.355 e. The Balaban J connectivity index is 1.86. The van der Waals surface area contributed by atoms with Crippen molar-refractivity contribution in [3.63, 3.8) is 0 Å². The summed E-state index contributed by atoms with van der Waals surface area (Å²) in [4.78, 5) is 28.4. The van der Waals surface area contributed by atoms with Crippen molar-refractivity contribution in [3.05, 3.63) is 101 Å². The van der Waals surface area contributed by atoms with Crippen molar-refractivity contribution >= 4 is 27.5 Å². The second-order valence-electron chi connectivity index (χ2n) is 9.47. The van der Waals surface area contributed by atoms with Gasteiger partial charge in [0.1, 0.15) is 11.9 Å². The van der Waals surface area contributed by atoms with Crippen molar-refractivity contribution in [1.29, 1.82) is 0 Å². The van der Waals surface area contributed by atoms with E-state index in [0.29, 0.717) is 24.2 Å². The lowest BCUT2D eigenvalue weighted by Crippen LogP contribution is -2.50.